The number of esters is 1. The number of aliphatic hydroxyl groups is 2. The smallest absolute Gasteiger partial charge is 0.343 e. The lowest BCUT2D eigenvalue weighted by Crippen LogP contribution is -2.32. The SMILES string of the molecule is CCOC(=O)C1=CNC(O)C(C)=C1O. The predicted molar refractivity (Wildman–Crippen MR) is 49.2 cm³/mol. The van der Waals surface area contributed by atoms with Crippen LogP contribution in [0.25, 0.3) is 0 Å². The molecule has 0 fully saturated rings. The van der Waals surface area contributed by atoms with Gasteiger partial charge in [-0.15, -0.1) is 0 Å². The van der Waals surface area contributed by atoms with Crippen LogP contribution in [0.3, 0.4) is 0 Å². The standard InChI is InChI=1S/C9H13NO4/c1-3-14-9(13)6-4-10-8(12)5(2)7(6)11/h4,8,10-12H,3H2,1-2H3. The highest BCUT2D eigenvalue weighted by Crippen LogP contribution is 2.18. The second kappa shape index (κ2) is 4.15. The van der Waals surface area contributed by atoms with Crippen LogP contribution in [0.15, 0.2) is 23.1 Å². The summed E-state index contributed by atoms with van der Waals surface area (Å²) in [5.41, 5.74) is 0.338. The van der Waals surface area contributed by atoms with Crippen molar-refractivity contribution in [3.8, 4) is 0 Å². The molecule has 3 N–H and O–H groups in total. The van der Waals surface area contributed by atoms with E-state index in [-0.39, 0.29) is 17.9 Å². The molecule has 0 bridgehead atoms. The molecule has 78 valence electrons. The van der Waals surface area contributed by atoms with Crippen molar-refractivity contribution in [1.29, 1.82) is 0 Å². The van der Waals surface area contributed by atoms with Crippen LogP contribution in [0.4, 0.5) is 0 Å². The zero-order valence-corrected chi connectivity index (χ0v) is 8.07. The zero-order valence-electron chi connectivity index (χ0n) is 8.07. The highest BCUT2D eigenvalue weighted by atomic mass is 16.5. The van der Waals surface area contributed by atoms with E-state index in [1.165, 1.54) is 13.1 Å². The third kappa shape index (κ3) is 1.88. The molecule has 5 heteroatoms. The lowest BCUT2D eigenvalue weighted by Gasteiger charge is -2.20. The van der Waals surface area contributed by atoms with Gasteiger partial charge in [-0.2, -0.15) is 0 Å². The number of carbonyl (C=O) groups is 1. The molecule has 0 radical (unpaired) electrons. The van der Waals surface area contributed by atoms with Crippen molar-refractivity contribution in [2.24, 2.45) is 0 Å². The van der Waals surface area contributed by atoms with Gasteiger partial charge in [-0.05, 0) is 13.8 Å². The molecule has 0 aliphatic carbocycles. The van der Waals surface area contributed by atoms with Gasteiger partial charge in [0.15, 0.2) is 0 Å². The van der Waals surface area contributed by atoms with Gasteiger partial charge in [0.2, 0.25) is 0 Å². The van der Waals surface area contributed by atoms with Gasteiger partial charge in [-0.1, -0.05) is 0 Å². The van der Waals surface area contributed by atoms with Crippen LogP contribution in [-0.2, 0) is 9.53 Å². The summed E-state index contributed by atoms with van der Waals surface area (Å²) in [6.07, 6.45) is 0.290. The molecule has 1 atom stereocenters. The first kappa shape index (κ1) is 10.6. The van der Waals surface area contributed by atoms with Crippen molar-refractivity contribution in [3.05, 3.63) is 23.1 Å². The molecule has 14 heavy (non-hydrogen) atoms. The van der Waals surface area contributed by atoms with Gasteiger partial charge < -0.3 is 20.3 Å². The maximum Gasteiger partial charge on any atom is 0.343 e. The average Bonchev–Trinajstić information content (AvgIpc) is 2.15. The fourth-order valence-electron chi connectivity index (χ4n) is 1.06. The first-order chi connectivity index (χ1) is 6.57. The van der Waals surface area contributed by atoms with Crippen molar-refractivity contribution in [2.45, 2.75) is 20.1 Å². The number of aliphatic hydroxyl groups excluding tert-OH is 2. The minimum absolute atomic E-state index is 0.0367. The molecule has 0 aromatic rings. The van der Waals surface area contributed by atoms with Gasteiger partial charge in [0, 0.05) is 11.8 Å². The van der Waals surface area contributed by atoms with Crippen molar-refractivity contribution in [1.82, 2.24) is 5.32 Å². The summed E-state index contributed by atoms with van der Waals surface area (Å²) in [4.78, 5) is 11.3. The number of carbonyl (C=O) groups excluding carboxylic acids is 1. The van der Waals surface area contributed by atoms with E-state index < -0.39 is 12.2 Å². The summed E-state index contributed by atoms with van der Waals surface area (Å²) in [5.74, 6) is -0.835. The third-order valence-corrected chi connectivity index (χ3v) is 1.92. The lowest BCUT2D eigenvalue weighted by molar-refractivity contribution is -0.138. The van der Waals surface area contributed by atoms with Gasteiger partial charge >= 0.3 is 5.97 Å². The number of hydrogen-bond acceptors (Lipinski definition) is 5. The van der Waals surface area contributed by atoms with Crippen molar-refractivity contribution >= 4 is 5.97 Å². The van der Waals surface area contributed by atoms with E-state index >= 15 is 0 Å². The van der Waals surface area contributed by atoms with Crippen LogP contribution in [0.2, 0.25) is 0 Å². The molecule has 1 rings (SSSR count). The number of rotatable bonds is 2. The molecule has 1 unspecified atom stereocenters. The Kier molecular flexibility index (Phi) is 3.14. The van der Waals surface area contributed by atoms with Crippen LogP contribution in [0.1, 0.15) is 13.8 Å². The largest absolute Gasteiger partial charge is 0.507 e. The van der Waals surface area contributed by atoms with E-state index in [0.29, 0.717) is 5.57 Å². The molecule has 0 amide bonds. The van der Waals surface area contributed by atoms with E-state index in [9.17, 15) is 15.0 Å². The first-order valence-electron chi connectivity index (χ1n) is 4.29. The molecular formula is C9H13NO4. The minimum Gasteiger partial charge on any atom is -0.507 e. The van der Waals surface area contributed by atoms with Crippen LogP contribution in [0, 0.1) is 0 Å². The summed E-state index contributed by atoms with van der Waals surface area (Å²) in [7, 11) is 0. The molecule has 0 saturated carbocycles. The Morgan fingerprint density at radius 2 is 2.36 bits per heavy atom. The summed E-state index contributed by atoms with van der Waals surface area (Å²) in [6, 6.07) is 0. The Hall–Kier alpha value is -1.49. The summed E-state index contributed by atoms with van der Waals surface area (Å²) in [5, 5.41) is 21.3. The van der Waals surface area contributed by atoms with Gasteiger partial charge in [-0.25, -0.2) is 4.79 Å². The Balaban J connectivity index is 2.87. The van der Waals surface area contributed by atoms with Gasteiger partial charge in [-0.3, -0.25) is 0 Å². The number of nitrogens with one attached hydrogen (secondary N) is 1. The zero-order chi connectivity index (χ0) is 10.7. The van der Waals surface area contributed by atoms with E-state index in [0.717, 1.165) is 0 Å². The highest BCUT2D eigenvalue weighted by Gasteiger charge is 2.24. The Labute approximate surface area is 81.7 Å². The molecule has 1 aliphatic rings. The molecule has 1 heterocycles. The van der Waals surface area contributed by atoms with Crippen molar-refractivity contribution in [3.63, 3.8) is 0 Å². The average molecular weight is 199 g/mol. The van der Waals surface area contributed by atoms with Crippen LogP contribution in [-0.4, -0.2) is 29.0 Å². The number of dihydropyridines is 1. The van der Waals surface area contributed by atoms with Crippen molar-refractivity contribution < 1.29 is 19.7 Å². The number of hydrogen-bond donors (Lipinski definition) is 3. The Morgan fingerprint density at radius 1 is 1.71 bits per heavy atom. The quantitative estimate of drug-likeness (QED) is 0.553. The van der Waals surface area contributed by atoms with Crippen molar-refractivity contribution in [2.75, 3.05) is 6.61 Å². The topological polar surface area (TPSA) is 78.8 Å². The van der Waals surface area contributed by atoms with Crippen LogP contribution < -0.4 is 5.32 Å². The highest BCUT2D eigenvalue weighted by molar-refractivity contribution is 5.93. The molecule has 5 nitrogen and oxygen atoms in total. The second-order valence-electron chi connectivity index (χ2n) is 2.88. The molecule has 0 spiro atoms. The Bertz CT molecular complexity index is 306. The molecule has 0 saturated heterocycles. The molecular weight excluding hydrogens is 186 g/mol. The summed E-state index contributed by atoms with van der Waals surface area (Å²) in [6.45, 7) is 3.45. The molecule has 1 aliphatic heterocycles. The first-order valence-corrected chi connectivity index (χ1v) is 4.29. The maximum atomic E-state index is 11.3. The monoisotopic (exact) mass is 199 g/mol. The van der Waals surface area contributed by atoms with E-state index in [1.807, 2.05) is 0 Å². The fraction of sp³-hybridized carbons (Fsp3) is 0.444. The third-order valence-electron chi connectivity index (χ3n) is 1.92. The van der Waals surface area contributed by atoms with E-state index in [1.54, 1.807) is 6.92 Å². The minimum atomic E-state index is -0.951. The molecule has 0 aromatic carbocycles. The lowest BCUT2D eigenvalue weighted by atomic mass is 10.1. The maximum absolute atomic E-state index is 11.3. The van der Waals surface area contributed by atoms with Crippen LogP contribution >= 0.6 is 0 Å². The normalized spacial score (nSPS) is 21.4. The van der Waals surface area contributed by atoms with Crippen LogP contribution in [0.5, 0.6) is 0 Å². The van der Waals surface area contributed by atoms with Gasteiger partial charge in [0.1, 0.15) is 17.6 Å². The predicted octanol–water partition coefficient (Wildman–Crippen LogP) is 0.187. The Morgan fingerprint density at radius 3 is 2.93 bits per heavy atom. The second-order valence-corrected chi connectivity index (χ2v) is 2.88. The van der Waals surface area contributed by atoms with Gasteiger partial charge in [0.05, 0.1) is 6.61 Å². The summed E-state index contributed by atoms with van der Waals surface area (Å²) >= 11 is 0. The number of ether oxygens (including phenoxy) is 1. The van der Waals surface area contributed by atoms with Gasteiger partial charge in [0.25, 0.3) is 0 Å². The molecule has 0 aromatic heterocycles. The van der Waals surface area contributed by atoms with E-state index in [4.69, 9.17) is 4.74 Å². The fourth-order valence-corrected chi connectivity index (χ4v) is 1.06. The van der Waals surface area contributed by atoms with E-state index in [2.05, 4.69) is 5.32 Å². The summed E-state index contributed by atoms with van der Waals surface area (Å²) < 4.78 is 4.71.